The van der Waals surface area contributed by atoms with Gasteiger partial charge in [-0.1, -0.05) is 23.7 Å². The number of nitrogens with zero attached hydrogens (tertiary/aromatic N) is 1. The van der Waals surface area contributed by atoms with Crippen molar-refractivity contribution in [1.29, 1.82) is 0 Å². The molecule has 2 aromatic carbocycles. The lowest BCUT2D eigenvalue weighted by Gasteiger charge is -2.32. The quantitative estimate of drug-likeness (QED) is 0.822. The molecule has 128 valence electrons. The molecule has 0 unspecified atom stereocenters. The van der Waals surface area contributed by atoms with Crippen molar-refractivity contribution in [3.63, 3.8) is 0 Å². The van der Waals surface area contributed by atoms with Crippen molar-refractivity contribution >= 4 is 28.9 Å². The third-order valence-corrected chi connectivity index (χ3v) is 5.03. The van der Waals surface area contributed by atoms with Gasteiger partial charge in [0, 0.05) is 16.1 Å². The molecule has 0 radical (unpaired) electrons. The molecule has 0 aromatic heterocycles. The summed E-state index contributed by atoms with van der Waals surface area (Å²) in [6, 6.07) is 11.7. The van der Waals surface area contributed by atoms with Crippen LogP contribution in [-0.2, 0) is 4.79 Å². The van der Waals surface area contributed by atoms with Crippen LogP contribution in [0.1, 0.15) is 24.0 Å². The average molecular weight is 358 g/mol. The van der Waals surface area contributed by atoms with E-state index in [1.54, 1.807) is 36.4 Å². The SMILES string of the molecule is O=C1Nc2ccc(Cl)cc2C(c2ccccc2F)=NC12CCNCC2. The van der Waals surface area contributed by atoms with Crippen molar-refractivity contribution in [3.8, 4) is 0 Å². The van der Waals surface area contributed by atoms with E-state index >= 15 is 0 Å². The Labute approximate surface area is 150 Å². The molecule has 2 aromatic rings. The smallest absolute Gasteiger partial charge is 0.252 e. The van der Waals surface area contributed by atoms with E-state index in [2.05, 4.69) is 10.6 Å². The van der Waals surface area contributed by atoms with Crippen LogP contribution >= 0.6 is 11.6 Å². The lowest BCUT2D eigenvalue weighted by molar-refractivity contribution is -0.121. The summed E-state index contributed by atoms with van der Waals surface area (Å²) in [5, 5.41) is 6.73. The summed E-state index contributed by atoms with van der Waals surface area (Å²) in [5.41, 5.74) is 1.19. The second-order valence-corrected chi connectivity index (χ2v) is 6.80. The number of benzene rings is 2. The molecule has 1 spiro atoms. The lowest BCUT2D eigenvalue weighted by atomic mass is 9.87. The minimum absolute atomic E-state index is 0.149. The van der Waals surface area contributed by atoms with E-state index in [1.165, 1.54) is 6.07 Å². The van der Waals surface area contributed by atoms with E-state index in [-0.39, 0.29) is 11.7 Å². The summed E-state index contributed by atoms with van der Waals surface area (Å²) in [7, 11) is 0. The van der Waals surface area contributed by atoms with Crippen LogP contribution in [0.25, 0.3) is 0 Å². The van der Waals surface area contributed by atoms with Gasteiger partial charge in [0.15, 0.2) is 0 Å². The average Bonchev–Trinajstić information content (AvgIpc) is 2.72. The van der Waals surface area contributed by atoms with E-state index in [1.807, 2.05) is 0 Å². The number of fused-ring (bicyclic) bond motifs is 1. The maximum atomic E-state index is 14.5. The third kappa shape index (κ3) is 2.83. The molecule has 0 bridgehead atoms. The van der Waals surface area contributed by atoms with Crippen molar-refractivity contribution < 1.29 is 9.18 Å². The molecule has 4 rings (SSSR count). The summed E-state index contributed by atoms with van der Waals surface area (Å²) >= 11 is 6.16. The summed E-state index contributed by atoms with van der Waals surface area (Å²) in [4.78, 5) is 17.8. The number of rotatable bonds is 1. The van der Waals surface area contributed by atoms with Gasteiger partial charge in [0.05, 0.1) is 11.4 Å². The maximum absolute atomic E-state index is 14.5. The first kappa shape index (κ1) is 16.2. The highest BCUT2D eigenvalue weighted by Gasteiger charge is 2.42. The molecule has 1 saturated heterocycles. The van der Waals surface area contributed by atoms with Crippen LogP contribution in [0.15, 0.2) is 47.5 Å². The normalized spacial score (nSPS) is 19.0. The summed E-state index contributed by atoms with van der Waals surface area (Å²) < 4.78 is 14.5. The molecule has 2 heterocycles. The van der Waals surface area contributed by atoms with E-state index in [9.17, 15) is 9.18 Å². The predicted octanol–water partition coefficient (Wildman–Crippen LogP) is 3.39. The van der Waals surface area contributed by atoms with Crippen LogP contribution in [0, 0.1) is 5.82 Å². The molecular formula is C19H17ClFN3O. The van der Waals surface area contributed by atoms with Crippen LogP contribution in [-0.4, -0.2) is 30.2 Å². The van der Waals surface area contributed by atoms with Crippen molar-refractivity contribution in [2.45, 2.75) is 18.4 Å². The standard InChI is InChI=1S/C19H17ClFN3O/c20-12-5-6-16-14(11-12)17(13-3-1-2-4-15(13)21)24-19(18(25)23-16)7-9-22-10-8-19/h1-6,11,22H,7-10H2,(H,23,25). The summed E-state index contributed by atoms with van der Waals surface area (Å²) in [6.07, 6.45) is 1.14. The monoisotopic (exact) mass is 357 g/mol. The minimum Gasteiger partial charge on any atom is -0.323 e. The van der Waals surface area contributed by atoms with Crippen LogP contribution in [0.3, 0.4) is 0 Å². The summed E-state index contributed by atoms with van der Waals surface area (Å²) in [5.74, 6) is -0.519. The van der Waals surface area contributed by atoms with Gasteiger partial charge in [-0.15, -0.1) is 0 Å². The Kier molecular flexibility index (Phi) is 4.06. The highest BCUT2D eigenvalue weighted by molar-refractivity contribution is 6.32. The molecule has 4 nitrogen and oxygen atoms in total. The van der Waals surface area contributed by atoms with Gasteiger partial charge in [-0.3, -0.25) is 9.79 Å². The molecule has 0 saturated carbocycles. The van der Waals surface area contributed by atoms with Crippen LogP contribution < -0.4 is 10.6 Å². The molecule has 1 amide bonds. The van der Waals surface area contributed by atoms with Gasteiger partial charge >= 0.3 is 0 Å². The van der Waals surface area contributed by atoms with Gasteiger partial charge in [0.1, 0.15) is 11.4 Å². The van der Waals surface area contributed by atoms with Gasteiger partial charge in [-0.25, -0.2) is 4.39 Å². The fourth-order valence-corrected chi connectivity index (χ4v) is 3.59. The molecule has 0 atom stereocenters. The Balaban J connectivity index is 1.98. The topological polar surface area (TPSA) is 53.5 Å². The van der Waals surface area contributed by atoms with Crippen LogP contribution in [0.5, 0.6) is 0 Å². The Morgan fingerprint density at radius 1 is 1.08 bits per heavy atom. The highest BCUT2D eigenvalue weighted by Crippen LogP contribution is 2.34. The Morgan fingerprint density at radius 2 is 1.84 bits per heavy atom. The van der Waals surface area contributed by atoms with Gasteiger partial charge < -0.3 is 10.6 Å². The van der Waals surface area contributed by atoms with Gasteiger partial charge in [-0.05, 0) is 56.3 Å². The first-order valence-electron chi connectivity index (χ1n) is 8.26. The first-order valence-corrected chi connectivity index (χ1v) is 8.64. The number of carbonyl (C=O) groups excluding carboxylic acids is 1. The second kappa shape index (κ2) is 6.24. The Hall–Kier alpha value is -2.24. The predicted molar refractivity (Wildman–Crippen MR) is 97.0 cm³/mol. The number of nitrogens with one attached hydrogen (secondary N) is 2. The largest absolute Gasteiger partial charge is 0.323 e. The molecule has 1 fully saturated rings. The van der Waals surface area contributed by atoms with Crippen molar-refractivity contribution in [1.82, 2.24) is 5.32 Å². The van der Waals surface area contributed by atoms with Gasteiger partial charge in [0.25, 0.3) is 5.91 Å². The molecule has 2 aliphatic rings. The van der Waals surface area contributed by atoms with Crippen LogP contribution in [0.4, 0.5) is 10.1 Å². The number of halogens is 2. The minimum atomic E-state index is -0.894. The molecule has 6 heteroatoms. The number of hydrogen-bond donors (Lipinski definition) is 2. The Bertz CT molecular complexity index is 875. The molecular weight excluding hydrogens is 341 g/mol. The number of carbonyl (C=O) groups is 1. The zero-order valence-corrected chi connectivity index (χ0v) is 14.2. The fourth-order valence-electron chi connectivity index (χ4n) is 3.42. The van der Waals surface area contributed by atoms with Crippen LogP contribution in [0.2, 0.25) is 5.02 Å². The molecule has 2 aliphatic heterocycles. The summed E-state index contributed by atoms with van der Waals surface area (Å²) in [6.45, 7) is 1.39. The number of hydrogen-bond acceptors (Lipinski definition) is 3. The maximum Gasteiger partial charge on any atom is 0.252 e. The lowest BCUT2D eigenvalue weighted by Crippen LogP contribution is -2.49. The fraction of sp³-hybridized carbons (Fsp3) is 0.263. The zero-order valence-electron chi connectivity index (χ0n) is 13.5. The van der Waals surface area contributed by atoms with E-state index in [0.717, 1.165) is 0 Å². The highest BCUT2D eigenvalue weighted by atomic mass is 35.5. The third-order valence-electron chi connectivity index (χ3n) is 4.79. The Morgan fingerprint density at radius 3 is 2.60 bits per heavy atom. The first-order chi connectivity index (χ1) is 12.1. The van der Waals surface area contributed by atoms with Crippen molar-refractivity contribution in [2.24, 2.45) is 4.99 Å². The van der Waals surface area contributed by atoms with E-state index in [0.29, 0.717) is 53.5 Å². The van der Waals surface area contributed by atoms with Crippen molar-refractivity contribution in [2.75, 3.05) is 18.4 Å². The van der Waals surface area contributed by atoms with E-state index in [4.69, 9.17) is 16.6 Å². The molecule has 25 heavy (non-hydrogen) atoms. The number of amides is 1. The number of piperidine rings is 1. The van der Waals surface area contributed by atoms with Gasteiger partial charge in [-0.2, -0.15) is 0 Å². The number of anilines is 1. The van der Waals surface area contributed by atoms with Gasteiger partial charge in [0.2, 0.25) is 0 Å². The second-order valence-electron chi connectivity index (χ2n) is 6.37. The number of aliphatic imine (C=N–C) groups is 1. The van der Waals surface area contributed by atoms with E-state index < -0.39 is 5.54 Å². The molecule has 0 aliphatic carbocycles. The zero-order chi connectivity index (χ0) is 17.4. The molecule has 2 N–H and O–H groups in total. The van der Waals surface area contributed by atoms with Crippen molar-refractivity contribution in [3.05, 3.63) is 64.4 Å².